The molecule has 0 aromatic carbocycles. The van der Waals surface area contributed by atoms with Crippen LogP contribution >= 0.6 is 0 Å². The second-order valence-corrected chi connectivity index (χ2v) is 8.58. The van der Waals surface area contributed by atoms with Crippen LogP contribution in [0, 0.1) is 5.92 Å². The van der Waals surface area contributed by atoms with Gasteiger partial charge in [-0.05, 0) is 32.1 Å². The Labute approximate surface area is 154 Å². The Morgan fingerprint density at radius 1 is 1.08 bits per heavy atom. The molecule has 6 heteroatoms. The maximum absolute atomic E-state index is 12.7. The van der Waals surface area contributed by atoms with Crippen LogP contribution in [0.25, 0.3) is 0 Å². The van der Waals surface area contributed by atoms with Gasteiger partial charge in [-0.25, -0.2) is 4.98 Å². The molecule has 0 unspecified atom stereocenters. The normalized spacial score (nSPS) is 27.1. The number of nitrogens with one attached hydrogen (secondary N) is 1. The minimum Gasteiger partial charge on any atom is -0.342 e. The fourth-order valence-electron chi connectivity index (χ4n) is 5.01. The summed E-state index contributed by atoms with van der Waals surface area (Å²) in [6.07, 6.45) is 9.06. The third kappa shape index (κ3) is 2.98. The number of carbonyl (C=O) groups excluding carboxylic acids is 1. The zero-order chi connectivity index (χ0) is 17.7. The van der Waals surface area contributed by atoms with E-state index in [4.69, 9.17) is 4.98 Å². The lowest BCUT2D eigenvalue weighted by molar-refractivity contribution is -0.131. The highest BCUT2D eigenvalue weighted by Gasteiger charge is 2.38. The molecule has 140 valence electrons. The lowest BCUT2D eigenvalue weighted by Gasteiger charge is -2.32. The monoisotopic (exact) mass is 356 g/mol. The van der Waals surface area contributed by atoms with Gasteiger partial charge >= 0.3 is 0 Å². The van der Waals surface area contributed by atoms with E-state index in [0.717, 1.165) is 62.4 Å². The molecule has 0 spiro atoms. The average Bonchev–Trinajstić information content (AvgIpc) is 3.15. The number of nitrogens with zero attached hydrogens (tertiary/aromatic N) is 3. The van der Waals surface area contributed by atoms with Crippen LogP contribution in [-0.2, 0) is 17.8 Å². The smallest absolute Gasteiger partial charge is 0.255 e. The Hall–Kier alpha value is -1.69. The zero-order valence-electron chi connectivity index (χ0n) is 15.4. The number of aromatic nitrogens is 2. The maximum atomic E-state index is 12.7. The van der Waals surface area contributed by atoms with Gasteiger partial charge < -0.3 is 9.88 Å². The molecular weight excluding hydrogens is 328 g/mol. The molecule has 26 heavy (non-hydrogen) atoms. The maximum Gasteiger partial charge on any atom is 0.255 e. The minimum absolute atomic E-state index is 0.0414. The minimum atomic E-state index is 0.0414. The molecule has 6 nitrogen and oxygen atoms in total. The van der Waals surface area contributed by atoms with E-state index in [9.17, 15) is 9.59 Å². The van der Waals surface area contributed by atoms with Gasteiger partial charge in [0.05, 0.1) is 11.3 Å². The zero-order valence-corrected chi connectivity index (χ0v) is 15.4. The Bertz CT molecular complexity index is 764. The van der Waals surface area contributed by atoms with Crippen molar-refractivity contribution in [1.82, 2.24) is 19.8 Å². The van der Waals surface area contributed by atoms with Gasteiger partial charge in [0.25, 0.3) is 5.56 Å². The van der Waals surface area contributed by atoms with Gasteiger partial charge in [0.2, 0.25) is 5.91 Å². The van der Waals surface area contributed by atoms with Crippen molar-refractivity contribution < 1.29 is 4.79 Å². The molecule has 5 rings (SSSR count). The molecule has 1 N–H and O–H groups in total. The van der Waals surface area contributed by atoms with E-state index in [-0.39, 0.29) is 17.4 Å². The highest BCUT2D eigenvalue weighted by Crippen LogP contribution is 2.34. The first-order chi connectivity index (χ1) is 12.7. The van der Waals surface area contributed by atoms with Crippen molar-refractivity contribution >= 4 is 5.91 Å². The van der Waals surface area contributed by atoms with Crippen molar-refractivity contribution in [2.45, 2.75) is 69.9 Å². The molecule has 0 bridgehead atoms. The average molecular weight is 356 g/mol. The Morgan fingerprint density at radius 3 is 2.65 bits per heavy atom. The Balaban J connectivity index is 1.32. The van der Waals surface area contributed by atoms with Crippen molar-refractivity contribution in [1.29, 1.82) is 0 Å². The lowest BCUT2D eigenvalue weighted by Crippen LogP contribution is -2.41. The summed E-state index contributed by atoms with van der Waals surface area (Å²) >= 11 is 0. The first-order valence-electron chi connectivity index (χ1n) is 10.3. The number of hydrogen-bond acceptors (Lipinski definition) is 4. The van der Waals surface area contributed by atoms with Gasteiger partial charge in [-0.3, -0.25) is 14.5 Å². The molecule has 1 saturated heterocycles. The molecule has 3 fully saturated rings. The van der Waals surface area contributed by atoms with Gasteiger partial charge in [0.1, 0.15) is 5.82 Å². The Kier molecular flexibility index (Phi) is 4.11. The van der Waals surface area contributed by atoms with Crippen molar-refractivity contribution in [2.24, 2.45) is 5.92 Å². The molecular formula is C20H28N4O2. The fraction of sp³-hybridized carbons (Fsp3) is 0.750. The fourth-order valence-corrected chi connectivity index (χ4v) is 5.01. The molecule has 2 aliphatic heterocycles. The number of aromatic amines is 1. The number of H-pyrrole nitrogens is 1. The molecule has 2 aliphatic carbocycles. The molecule has 4 aliphatic rings. The molecule has 3 heterocycles. The van der Waals surface area contributed by atoms with E-state index in [1.807, 2.05) is 4.90 Å². The standard InChI is InChI=1S/C20H28N4O2/c25-19-16-12-23(15-3-1-2-4-15)10-8-17(16)21-18(22-19)14-7-9-24(11-14)20(26)13-5-6-13/h13-15H,1-12H2,(H,21,22,25)/t14-/m1/s1. The third-order valence-corrected chi connectivity index (χ3v) is 6.77. The van der Waals surface area contributed by atoms with Crippen LogP contribution in [0.2, 0.25) is 0 Å². The number of carbonyl (C=O) groups is 1. The number of likely N-dealkylation sites (tertiary alicyclic amines) is 1. The second-order valence-electron chi connectivity index (χ2n) is 8.58. The van der Waals surface area contributed by atoms with Crippen LogP contribution in [0.15, 0.2) is 4.79 Å². The lowest BCUT2D eigenvalue weighted by atomic mass is 10.0. The summed E-state index contributed by atoms with van der Waals surface area (Å²) in [5.74, 6) is 1.56. The van der Waals surface area contributed by atoms with Crippen molar-refractivity contribution in [3.8, 4) is 0 Å². The van der Waals surface area contributed by atoms with Gasteiger partial charge in [-0.1, -0.05) is 12.8 Å². The van der Waals surface area contributed by atoms with E-state index >= 15 is 0 Å². The van der Waals surface area contributed by atoms with Crippen LogP contribution in [-0.4, -0.2) is 51.4 Å². The quantitative estimate of drug-likeness (QED) is 0.897. The molecule has 1 aromatic heterocycles. The summed E-state index contributed by atoms with van der Waals surface area (Å²) in [6, 6.07) is 0.652. The molecule has 1 amide bonds. The summed E-state index contributed by atoms with van der Waals surface area (Å²) in [6.45, 7) is 3.28. The number of fused-ring (bicyclic) bond motifs is 1. The molecule has 0 radical (unpaired) electrons. The van der Waals surface area contributed by atoms with Crippen LogP contribution in [0.5, 0.6) is 0 Å². The predicted molar refractivity (Wildman–Crippen MR) is 97.9 cm³/mol. The van der Waals surface area contributed by atoms with Crippen LogP contribution in [0.1, 0.15) is 67.9 Å². The van der Waals surface area contributed by atoms with Crippen molar-refractivity contribution in [3.05, 3.63) is 27.4 Å². The van der Waals surface area contributed by atoms with E-state index in [1.165, 1.54) is 25.7 Å². The molecule has 2 saturated carbocycles. The van der Waals surface area contributed by atoms with Crippen molar-refractivity contribution in [3.63, 3.8) is 0 Å². The third-order valence-electron chi connectivity index (χ3n) is 6.77. The number of hydrogen-bond donors (Lipinski definition) is 1. The molecule has 1 aromatic rings. The van der Waals surface area contributed by atoms with Crippen molar-refractivity contribution in [2.75, 3.05) is 19.6 Å². The van der Waals surface area contributed by atoms with Gasteiger partial charge in [-0.15, -0.1) is 0 Å². The van der Waals surface area contributed by atoms with E-state index in [2.05, 4.69) is 9.88 Å². The van der Waals surface area contributed by atoms with Crippen LogP contribution < -0.4 is 5.56 Å². The second kappa shape index (κ2) is 6.48. The van der Waals surface area contributed by atoms with E-state index in [1.54, 1.807) is 0 Å². The van der Waals surface area contributed by atoms with Gasteiger partial charge in [0.15, 0.2) is 0 Å². The predicted octanol–water partition coefficient (Wildman–Crippen LogP) is 1.80. The Morgan fingerprint density at radius 2 is 1.88 bits per heavy atom. The van der Waals surface area contributed by atoms with Crippen LogP contribution in [0.4, 0.5) is 0 Å². The SMILES string of the molecule is O=C(C1CC1)N1CC[C@@H](c2nc3c(c(=O)[nH]2)CN(C2CCCC2)CC3)C1. The first kappa shape index (κ1) is 16.5. The summed E-state index contributed by atoms with van der Waals surface area (Å²) in [5, 5.41) is 0. The largest absolute Gasteiger partial charge is 0.342 e. The first-order valence-corrected chi connectivity index (χ1v) is 10.3. The molecule has 1 atom stereocenters. The highest BCUT2D eigenvalue weighted by atomic mass is 16.2. The van der Waals surface area contributed by atoms with Crippen LogP contribution in [0.3, 0.4) is 0 Å². The summed E-state index contributed by atoms with van der Waals surface area (Å²) in [7, 11) is 0. The van der Waals surface area contributed by atoms with Gasteiger partial charge in [-0.2, -0.15) is 0 Å². The van der Waals surface area contributed by atoms with Gasteiger partial charge in [0, 0.05) is 50.5 Å². The topological polar surface area (TPSA) is 69.3 Å². The summed E-state index contributed by atoms with van der Waals surface area (Å²) in [5.41, 5.74) is 1.90. The highest BCUT2D eigenvalue weighted by molar-refractivity contribution is 5.81. The van der Waals surface area contributed by atoms with E-state index in [0.29, 0.717) is 18.5 Å². The number of rotatable bonds is 3. The summed E-state index contributed by atoms with van der Waals surface area (Å²) < 4.78 is 0. The van der Waals surface area contributed by atoms with E-state index < -0.39 is 0 Å². The summed E-state index contributed by atoms with van der Waals surface area (Å²) in [4.78, 5) is 37.4. The number of amides is 1.